The Morgan fingerprint density at radius 1 is 1.62 bits per heavy atom. The molecule has 2 aromatic rings. The molecule has 0 aliphatic rings. The first-order chi connectivity index (χ1) is 10.1. The number of nitrogens with zero attached hydrogens (tertiary/aromatic N) is 5. The van der Waals surface area contributed by atoms with Crippen molar-refractivity contribution >= 4 is 34.0 Å². The molecule has 1 heterocycles. The summed E-state index contributed by atoms with van der Waals surface area (Å²) in [5.74, 6) is 0.240. The van der Waals surface area contributed by atoms with Crippen LogP contribution < -0.4 is 15.9 Å². The number of benzene rings is 1. The zero-order valence-corrected chi connectivity index (χ0v) is 12.6. The van der Waals surface area contributed by atoms with Crippen LogP contribution in [0.5, 0.6) is 5.75 Å². The van der Waals surface area contributed by atoms with E-state index in [1.54, 1.807) is 13.2 Å². The lowest BCUT2D eigenvalue weighted by Crippen LogP contribution is -2.24. The monoisotopic (exact) mass is 353 g/mol. The average Bonchev–Trinajstić information content (AvgIpc) is 2.84. The van der Waals surface area contributed by atoms with Crippen molar-refractivity contribution in [3.05, 3.63) is 28.2 Å². The van der Waals surface area contributed by atoms with Crippen LogP contribution in [0, 0.1) is 0 Å². The third kappa shape index (κ3) is 4.24. The van der Waals surface area contributed by atoms with Crippen molar-refractivity contribution in [2.45, 2.75) is 6.54 Å². The minimum Gasteiger partial charge on any atom is -0.496 e. The number of hydrogen-bond acceptors (Lipinski definition) is 7. The smallest absolute Gasteiger partial charge is 0.263 e. The lowest BCUT2D eigenvalue weighted by Gasteiger charge is -2.04. The number of halogens is 1. The minimum atomic E-state index is -0.405. The largest absolute Gasteiger partial charge is 0.496 e. The van der Waals surface area contributed by atoms with E-state index >= 15 is 0 Å². The molecule has 0 unspecified atom stereocenters. The van der Waals surface area contributed by atoms with Gasteiger partial charge >= 0.3 is 0 Å². The summed E-state index contributed by atoms with van der Waals surface area (Å²) in [7, 11) is 1.56. The van der Waals surface area contributed by atoms with Gasteiger partial charge in [-0.05, 0) is 23.4 Å². The van der Waals surface area contributed by atoms with Crippen LogP contribution in [0.15, 0.2) is 27.8 Å². The van der Waals surface area contributed by atoms with Crippen LogP contribution in [-0.4, -0.2) is 39.4 Å². The van der Waals surface area contributed by atoms with Crippen molar-refractivity contribution in [2.75, 3.05) is 12.8 Å². The minimum absolute atomic E-state index is 0.00479. The number of carbonyl (C=O) groups is 1. The van der Waals surface area contributed by atoms with Gasteiger partial charge in [0.15, 0.2) is 0 Å². The zero-order valence-electron chi connectivity index (χ0n) is 11.0. The van der Waals surface area contributed by atoms with Gasteiger partial charge in [-0.15, -0.1) is 5.10 Å². The Morgan fingerprint density at radius 2 is 2.43 bits per heavy atom. The van der Waals surface area contributed by atoms with E-state index in [0.29, 0.717) is 5.75 Å². The maximum absolute atomic E-state index is 11.6. The predicted octanol–water partition coefficient (Wildman–Crippen LogP) is 0.177. The van der Waals surface area contributed by atoms with Gasteiger partial charge in [-0.2, -0.15) is 9.90 Å². The topological polar surface area (TPSA) is 120 Å². The van der Waals surface area contributed by atoms with Gasteiger partial charge < -0.3 is 10.5 Å². The van der Waals surface area contributed by atoms with Crippen LogP contribution in [-0.2, 0) is 11.3 Å². The number of nitrogens with one attached hydrogen (secondary N) is 1. The summed E-state index contributed by atoms with van der Waals surface area (Å²) in [6.45, 7) is -0.128. The molecule has 0 saturated heterocycles. The second-order valence-electron chi connectivity index (χ2n) is 3.86. The molecule has 0 fully saturated rings. The Hall–Kier alpha value is -2.49. The standard InChI is InChI=1S/C11H12BrN7O2/c1-21-9-3-2-8(12)4-7(9)5-14-15-10(20)6-19-17-11(13)16-18-19/h2-5H,6H2,1H3,(H2,13,17)(H,15,20). The molecule has 2 rings (SSSR count). The van der Waals surface area contributed by atoms with Crippen molar-refractivity contribution in [3.8, 4) is 5.75 Å². The van der Waals surface area contributed by atoms with Crippen LogP contribution in [0.25, 0.3) is 0 Å². The highest BCUT2D eigenvalue weighted by atomic mass is 79.9. The fraction of sp³-hybridized carbons (Fsp3) is 0.182. The molecule has 1 aromatic heterocycles. The maximum Gasteiger partial charge on any atom is 0.263 e. The van der Waals surface area contributed by atoms with E-state index in [9.17, 15) is 4.79 Å². The van der Waals surface area contributed by atoms with Crippen molar-refractivity contribution in [2.24, 2.45) is 5.10 Å². The van der Waals surface area contributed by atoms with Crippen LogP contribution in [0.2, 0.25) is 0 Å². The van der Waals surface area contributed by atoms with Gasteiger partial charge in [0.2, 0.25) is 0 Å². The van der Waals surface area contributed by atoms with Crippen molar-refractivity contribution in [3.63, 3.8) is 0 Å². The number of amides is 1. The second-order valence-corrected chi connectivity index (χ2v) is 4.77. The number of ether oxygens (including phenoxy) is 1. The molecule has 0 radical (unpaired) electrons. The molecule has 0 saturated carbocycles. The van der Waals surface area contributed by atoms with E-state index in [0.717, 1.165) is 14.8 Å². The van der Waals surface area contributed by atoms with Crippen molar-refractivity contribution in [1.82, 2.24) is 25.6 Å². The number of tetrazole rings is 1. The van der Waals surface area contributed by atoms with Crippen LogP contribution in [0.3, 0.4) is 0 Å². The molecule has 0 aliphatic carbocycles. The van der Waals surface area contributed by atoms with E-state index in [1.807, 2.05) is 12.1 Å². The number of rotatable bonds is 5. The number of aromatic nitrogens is 4. The highest BCUT2D eigenvalue weighted by Gasteiger charge is 2.05. The predicted molar refractivity (Wildman–Crippen MR) is 78.7 cm³/mol. The number of nitrogen functional groups attached to an aromatic ring is 1. The lowest BCUT2D eigenvalue weighted by atomic mass is 10.2. The van der Waals surface area contributed by atoms with Crippen molar-refractivity contribution < 1.29 is 9.53 Å². The van der Waals surface area contributed by atoms with Gasteiger partial charge in [0.05, 0.1) is 13.3 Å². The van der Waals surface area contributed by atoms with Crippen LogP contribution in [0.4, 0.5) is 5.95 Å². The summed E-state index contributed by atoms with van der Waals surface area (Å²) >= 11 is 3.35. The van der Waals surface area contributed by atoms with Gasteiger partial charge in [-0.1, -0.05) is 21.0 Å². The van der Waals surface area contributed by atoms with Gasteiger partial charge in [0, 0.05) is 10.0 Å². The molecule has 0 aliphatic heterocycles. The highest BCUT2D eigenvalue weighted by molar-refractivity contribution is 9.10. The lowest BCUT2D eigenvalue weighted by molar-refractivity contribution is -0.122. The highest BCUT2D eigenvalue weighted by Crippen LogP contribution is 2.21. The fourth-order valence-corrected chi connectivity index (χ4v) is 1.85. The number of methoxy groups -OCH3 is 1. The molecule has 1 aromatic carbocycles. The first-order valence-electron chi connectivity index (χ1n) is 5.77. The number of hydrogen-bond donors (Lipinski definition) is 2. The molecule has 21 heavy (non-hydrogen) atoms. The first kappa shape index (κ1) is 14.9. The summed E-state index contributed by atoms with van der Waals surface area (Å²) in [6.07, 6.45) is 1.48. The summed E-state index contributed by atoms with van der Waals surface area (Å²) in [5, 5.41) is 14.6. The van der Waals surface area contributed by atoms with Gasteiger partial charge in [-0.3, -0.25) is 4.79 Å². The molecule has 0 atom stereocenters. The SMILES string of the molecule is COc1ccc(Br)cc1C=NNC(=O)Cn1nnc(N)n1. The Labute approximate surface area is 128 Å². The number of anilines is 1. The van der Waals surface area contributed by atoms with E-state index in [-0.39, 0.29) is 12.5 Å². The zero-order chi connectivity index (χ0) is 15.2. The van der Waals surface area contributed by atoms with E-state index in [4.69, 9.17) is 10.5 Å². The molecule has 3 N–H and O–H groups in total. The van der Waals surface area contributed by atoms with Gasteiger partial charge in [-0.25, -0.2) is 5.43 Å². The summed E-state index contributed by atoms with van der Waals surface area (Å²) in [5.41, 5.74) is 8.36. The maximum atomic E-state index is 11.6. The number of nitrogens with two attached hydrogens (primary N) is 1. The van der Waals surface area contributed by atoms with Gasteiger partial charge in [0.25, 0.3) is 11.9 Å². The van der Waals surface area contributed by atoms with E-state index in [2.05, 4.69) is 41.9 Å². The quantitative estimate of drug-likeness (QED) is 0.584. The normalized spacial score (nSPS) is 10.8. The summed E-state index contributed by atoms with van der Waals surface area (Å²) < 4.78 is 6.06. The molecule has 10 heteroatoms. The molecule has 0 bridgehead atoms. The Morgan fingerprint density at radius 3 is 3.10 bits per heavy atom. The molecular weight excluding hydrogens is 342 g/mol. The fourth-order valence-electron chi connectivity index (χ4n) is 1.47. The van der Waals surface area contributed by atoms with Crippen LogP contribution >= 0.6 is 15.9 Å². The Bertz CT molecular complexity index is 670. The Kier molecular flexibility index (Phi) is 4.82. The van der Waals surface area contributed by atoms with E-state index < -0.39 is 5.91 Å². The number of hydrazone groups is 1. The molecule has 0 spiro atoms. The molecule has 9 nitrogen and oxygen atoms in total. The van der Waals surface area contributed by atoms with Crippen LogP contribution in [0.1, 0.15) is 5.56 Å². The third-order valence-electron chi connectivity index (χ3n) is 2.34. The Balaban J connectivity index is 1.95. The molecule has 1 amide bonds. The first-order valence-corrected chi connectivity index (χ1v) is 6.56. The third-order valence-corrected chi connectivity index (χ3v) is 2.83. The summed E-state index contributed by atoms with van der Waals surface area (Å²) in [4.78, 5) is 12.7. The second kappa shape index (κ2) is 6.79. The summed E-state index contributed by atoms with van der Waals surface area (Å²) in [6, 6.07) is 5.44. The van der Waals surface area contributed by atoms with Gasteiger partial charge in [0.1, 0.15) is 12.3 Å². The molecular formula is C11H12BrN7O2. The molecule has 110 valence electrons. The van der Waals surface area contributed by atoms with E-state index in [1.165, 1.54) is 6.21 Å². The number of carbonyl (C=O) groups excluding carboxylic acids is 1. The average molecular weight is 354 g/mol. The van der Waals surface area contributed by atoms with Crippen molar-refractivity contribution in [1.29, 1.82) is 0 Å².